The Labute approximate surface area is 111 Å². The summed E-state index contributed by atoms with van der Waals surface area (Å²) in [6.45, 7) is 2.75. The van der Waals surface area contributed by atoms with E-state index in [0.717, 1.165) is 28.4 Å². The molecule has 1 heterocycles. The van der Waals surface area contributed by atoms with Gasteiger partial charge in [-0.3, -0.25) is 0 Å². The molecule has 4 heteroatoms. The fourth-order valence-corrected chi connectivity index (χ4v) is 2.06. The minimum Gasteiger partial charge on any atom is -0.489 e. The predicted molar refractivity (Wildman–Crippen MR) is 72.5 cm³/mol. The molecule has 19 heavy (non-hydrogen) atoms. The quantitative estimate of drug-likeness (QED) is 0.859. The highest BCUT2D eigenvalue weighted by Crippen LogP contribution is 2.32. The monoisotopic (exact) mass is 257 g/mol. The van der Waals surface area contributed by atoms with E-state index >= 15 is 0 Å². The van der Waals surface area contributed by atoms with Crippen LogP contribution < -0.4 is 19.9 Å². The molecule has 98 valence electrons. The van der Waals surface area contributed by atoms with Crippen LogP contribution in [0.2, 0.25) is 0 Å². The van der Waals surface area contributed by atoms with Crippen molar-refractivity contribution in [1.29, 1.82) is 0 Å². The molecule has 0 radical (unpaired) electrons. The van der Waals surface area contributed by atoms with Crippen molar-refractivity contribution < 1.29 is 14.2 Å². The number of nitrogen functional groups attached to an aromatic ring is 1. The molecule has 3 rings (SSSR count). The van der Waals surface area contributed by atoms with E-state index in [4.69, 9.17) is 19.9 Å². The molecule has 1 aliphatic rings. The average molecular weight is 257 g/mol. The summed E-state index contributed by atoms with van der Waals surface area (Å²) in [4.78, 5) is 0. The summed E-state index contributed by atoms with van der Waals surface area (Å²) in [6, 6.07) is 11.5. The maximum Gasteiger partial charge on any atom is 0.231 e. The second-order valence-corrected chi connectivity index (χ2v) is 4.56. The van der Waals surface area contributed by atoms with Crippen LogP contribution in [0.3, 0.4) is 0 Å². The zero-order chi connectivity index (χ0) is 13.2. The summed E-state index contributed by atoms with van der Waals surface area (Å²) in [6.07, 6.45) is 0. The number of fused-ring (bicyclic) bond motifs is 1. The number of benzene rings is 2. The molecule has 0 aliphatic carbocycles. The van der Waals surface area contributed by atoms with Crippen LogP contribution in [-0.2, 0) is 6.61 Å². The highest BCUT2D eigenvalue weighted by Gasteiger charge is 2.13. The topological polar surface area (TPSA) is 53.7 Å². The highest BCUT2D eigenvalue weighted by atomic mass is 16.7. The summed E-state index contributed by atoms with van der Waals surface area (Å²) in [5, 5.41) is 0. The predicted octanol–water partition coefficient (Wildman–Crippen LogP) is 2.88. The van der Waals surface area contributed by atoms with Crippen LogP contribution in [0.15, 0.2) is 36.4 Å². The molecule has 0 bridgehead atoms. The molecule has 0 unspecified atom stereocenters. The van der Waals surface area contributed by atoms with Crippen LogP contribution in [0, 0.1) is 6.92 Å². The molecule has 0 amide bonds. The fraction of sp³-hybridized carbons (Fsp3) is 0.200. The van der Waals surface area contributed by atoms with Gasteiger partial charge in [-0.2, -0.15) is 0 Å². The van der Waals surface area contributed by atoms with E-state index in [1.807, 2.05) is 43.3 Å². The Morgan fingerprint density at radius 3 is 2.79 bits per heavy atom. The van der Waals surface area contributed by atoms with E-state index < -0.39 is 0 Å². The molecule has 0 saturated carbocycles. The van der Waals surface area contributed by atoms with Crippen LogP contribution in [0.25, 0.3) is 0 Å². The molecule has 1 aliphatic heterocycles. The van der Waals surface area contributed by atoms with Gasteiger partial charge >= 0.3 is 0 Å². The maximum atomic E-state index is 5.79. The van der Waals surface area contributed by atoms with Crippen LogP contribution in [-0.4, -0.2) is 6.79 Å². The van der Waals surface area contributed by atoms with Crippen LogP contribution in [0.5, 0.6) is 17.2 Å². The maximum absolute atomic E-state index is 5.79. The number of nitrogens with two attached hydrogens (primary N) is 1. The van der Waals surface area contributed by atoms with Crippen molar-refractivity contribution in [3.8, 4) is 17.2 Å². The Balaban J connectivity index is 1.72. The Morgan fingerprint density at radius 1 is 1.11 bits per heavy atom. The van der Waals surface area contributed by atoms with E-state index in [-0.39, 0.29) is 6.79 Å². The van der Waals surface area contributed by atoms with Gasteiger partial charge in [0.05, 0.1) is 0 Å². The lowest BCUT2D eigenvalue weighted by Gasteiger charge is -2.08. The molecule has 2 N–H and O–H groups in total. The second-order valence-electron chi connectivity index (χ2n) is 4.56. The Morgan fingerprint density at radius 2 is 1.95 bits per heavy atom. The number of aryl methyl sites for hydroxylation is 1. The third-order valence-corrected chi connectivity index (χ3v) is 2.92. The summed E-state index contributed by atoms with van der Waals surface area (Å²) < 4.78 is 16.3. The van der Waals surface area contributed by atoms with Crippen molar-refractivity contribution in [2.45, 2.75) is 13.5 Å². The van der Waals surface area contributed by atoms with E-state index in [0.29, 0.717) is 12.3 Å². The number of hydrogen-bond donors (Lipinski definition) is 1. The lowest BCUT2D eigenvalue weighted by atomic mass is 10.2. The zero-order valence-electron chi connectivity index (χ0n) is 10.7. The summed E-state index contributed by atoms with van der Waals surface area (Å²) in [7, 11) is 0. The number of hydrogen-bond acceptors (Lipinski definition) is 4. The van der Waals surface area contributed by atoms with Crippen molar-refractivity contribution in [1.82, 2.24) is 0 Å². The first kappa shape index (κ1) is 11.7. The van der Waals surface area contributed by atoms with Crippen molar-refractivity contribution in [3.05, 3.63) is 47.5 Å². The van der Waals surface area contributed by atoms with Gasteiger partial charge in [-0.15, -0.1) is 0 Å². The second kappa shape index (κ2) is 4.72. The molecule has 2 aromatic rings. The van der Waals surface area contributed by atoms with Gasteiger partial charge in [0.25, 0.3) is 0 Å². The van der Waals surface area contributed by atoms with Gasteiger partial charge in [0.15, 0.2) is 11.5 Å². The summed E-state index contributed by atoms with van der Waals surface area (Å²) in [5.74, 6) is 2.32. The largest absolute Gasteiger partial charge is 0.489 e. The van der Waals surface area contributed by atoms with Gasteiger partial charge in [-0.25, -0.2) is 0 Å². The molecule has 0 aromatic heterocycles. The minimum absolute atomic E-state index is 0.286. The molecular weight excluding hydrogens is 242 g/mol. The highest BCUT2D eigenvalue weighted by molar-refractivity contribution is 5.47. The number of rotatable bonds is 3. The first-order valence-electron chi connectivity index (χ1n) is 6.09. The van der Waals surface area contributed by atoms with E-state index in [9.17, 15) is 0 Å². The van der Waals surface area contributed by atoms with Gasteiger partial charge in [0.1, 0.15) is 12.4 Å². The van der Waals surface area contributed by atoms with Gasteiger partial charge in [0, 0.05) is 11.8 Å². The first-order valence-corrected chi connectivity index (χ1v) is 6.09. The number of anilines is 1. The van der Waals surface area contributed by atoms with E-state index in [1.165, 1.54) is 0 Å². The smallest absolute Gasteiger partial charge is 0.231 e. The van der Waals surface area contributed by atoms with Gasteiger partial charge in [-0.1, -0.05) is 6.07 Å². The van der Waals surface area contributed by atoms with Gasteiger partial charge < -0.3 is 19.9 Å². The Kier molecular flexibility index (Phi) is 2.91. The molecule has 0 fully saturated rings. The molecular formula is C15H15NO3. The molecule has 0 atom stereocenters. The van der Waals surface area contributed by atoms with Crippen molar-refractivity contribution in [2.24, 2.45) is 0 Å². The third-order valence-electron chi connectivity index (χ3n) is 2.92. The van der Waals surface area contributed by atoms with Crippen molar-refractivity contribution in [3.63, 3.8) is 0 Å². The lowest BCUT2D eigenvalue weighted by molar-refractivity contribution is 0.174. The molecule has 4 nitrogen and oxygen atoms in total. The van der Waals surface area contributed by atoms with Crippen molar-refractivity contribution in [2.75, 3.05) is 12.5 Å². The zero-order valence-corrected chi connectivity index (χ0v) is 10.7. The van der Waals surface area contributed by atoms with Crippen LogP contribution >= 0.6 is 0 Å². The van der Waals surface area contributed by atoms with Crippen LogP contribution in [0.4, 0.5) is 5.69 Å². The molecule has 0 spiro atoms. The molecule has 0 saturated heterocycles. The fourth-order valence-electron chi connectivity index (χ4n) is 2.06. The van der Waals surface area contributed by atoms with Gasteiger partial charge in [0.2, 0.25) is 6.79 Å². The third kappa shape index (κ3) is 2.57. The standard InChI is InChI=1S/C15H15NO3/c1-10-4-12(16)7-13(5-10)17-8-11-2-3-14-15(6-11)19-9-18-14/h2-7H,8-9,16H2,1H3. The van der Waals surface area contributed by atoms with E-state index in [2.05, 4.69) is 0 Å². The summed E-state index contributed by atoms with van der Waals surface area (Å²) in [5.41, 5.74) is 8.61. The van der Waals surface area contributed by atoms with Crippen molar-refractivity contribution >= 4 is 5.69 Å². The first-order chi connectivity index (χ1) is 9.20. The minimum atomic E-state index is 0.286. The Hall–Kier alpha value is -2.36. The molecule has 2 aromatic carbocycles. The lowest BCUT2D eigenvalue weighted by Crippen LogP contribution is -1.97. The average Bonchev–Trinajstić information content (AvgIpc) is 2.82. The normalized spacial score (nSPS) is 12.5. The van der Waals surface area contributed by atoms with Gasteiger partial charge in [-0.05, 0) is 42.3 Å². The summed E-state index contributed by atoms with van der Waals surface area (Å²) >= 11 is 0. The number of ether oxygens (including phenoxy) is 3. The van der Waals surface area contributed by atoms with E-state index in [1.54, 1.807) is 0 Å². The Bertz CT molecular complexity index is 590. The SMILES string of the molecule is Cc1cc(N)cc(OCc2ccc3c(c2)OCO3)c1. The van der Waals surface area contributed by atoms with Crippen LogP contribution in [0.1, 0.15) is 11.1 Å².